The summed E-state index contributed by atoms with van der Waals surface area (Å²) in [5, 5.41) is 2.75. The molecule has 0 aromatic heterocycles. The molecule has 0 aliphatic heterocycles. The van der Waals surface area contributed by atoms with E-state index in [2.05, 4.69) is 21.2 Å². The predicted octanol–water partition coefficient (Wildman–Crippen LogP) is 3.55. The Morgan fingerprint density at radius 1 is 1.24 bits per heavy atom. The van der Waals surface area contributed by atoms with Crippen molar-refractivity contribution in [3.8, 4) is 0 Å². The van der Waals surface area contributed by atoms with E-state index in [9.17, 15) is 9.59 Å². The number of ether oxygens (including phenoxy) is 1. The van der Waals surface area contributed by atoms with Gasteiger partial charge in [-0.15, -0.1) is 0 Å². The van der Waals surface area contributed by atoms with Crippen LogP contribution in [0.4, 0.5) is 0 Å². The zero-order chi connectivity index (χ0) is 16.2. The predicted molar refractivity (Wildman–Crippen MR) is 86.1 cm³/mol. The van der Waals surface area contributed by atoms with Crippen LogP contribution in [0.3, 0.4) is 0 Å². The van der Waals surface area contributed by atoms with Crippen molar-refractivity contribution in [3.63, 3.8) is 0 Å². The highest BCUT2D eigenvalue weighted by Gasteiger charge is 2.29. The maximum absolute atomic E-state index is 12.2. The fraction of sp³-hybridized carbons (Fsp3) is 0.500. The molecule has 1 atom stereocenters. The summed E-state index contributed by atoms with van der Waals surface area (Å²) in [6.45, 7) is 9.15. The highest BCUT2D eigenvalue weighted by atomic mass is 79.9. The summed E-state index contributed by atoms with van der Waals surface area (Å²) in [7, 11) is 0. The standard InChI is InChI=1S/C16H22BrNO3/c1-10(2)13(15(20)21-16(3,4)5)18-14(19)11-7-6-8-12(17)9-11/h6-10,13H,1-5H3,(H,18,19)/t13-/m1/s1. The van der Waals surface area contributed by atoms with Gasteiger partial charge in [-0.1, -0.05) is 35.8 Å². The third kappa shape index (κ3) is 5.87. The van der Waals surface area contributed by atoms with Gasteiger partial charge in [-0.25, -0.2) is 4.79 Å². The van der Waals surface area contributed by atoms with E-state index in [0.717, 1.165) is 4.47 Å². The van der Waals surface area contributed by atoms with Gasteiger partial charge in [0.1, 0.15) is 11.6 Å². The van der Waals surface area contributed by atoms with Gasteiger partial charge in [-0.2, -0.15) is 0 Å². The molecule has 0 bridgehead atoms. The van der Waals surface area contributed by atoms with Crippen LogP contribution in [0.25, 0.3) is 0 Å². The average Bonchev–Trinajstić information content (AvgIpc) is 2.32. The van der Waals surface area contributed by atoms with Crippen LogP contribution in [-0.2, 0) is 9.53 Å². The van der Waals surface area contributed by atoms with Gasteiger partial charge >= 0.3 is 5.97 Å². The average molecular weight is 356 g/mol. The van der Waals surface area contributed by atoms with E-state index in [4.69, 9.17) is 4.74 Å². The number of esters is 1. The van der Waals surface area contributed by atoms with Crippen molar-refractivity contribution >= 4 is 27.8 Å². The van der Waals surface area contributed by atoms with Crippen molar-refractivity contribution in [3.05, 3.63) is 34.3 Å². The Kier molecular flexibility index (Phi) is 5.96. The molecule has 1 N–H and O–H groups in total. The molecule has 1 rings (SSSR count). The molecule has 0 heterocycles. The largest absolute Gasteiger partial charge is 0.458 e. The van der Waals surface area contributed by atoms with Crippen molar-refractivity contribution in [1.82, 2.24) is 5.32 Å². The first-order valence-electron chi connectivity index (χ1n) is 6.89. The summed E-state index contributed by atoms with van der Waals surface area (Å²) >= 11 is 3.32. The lowest BCUT2D eigenvalue weighted by molar-refractivity contribution is -0.158. The molecule has 0 aliphatic carbocycles. The Bertz CT molecular complexity index is 520. The van der Waals surface area contributed by atoms with E-state index in [1.807, 2.05) is 19.9 Å². The van der Waals surface area contributed by atoms with E-state index in [1.54, 1.807) is 39.0 Å². The number of benzene rings is 1. The first-order chi connectivity index (χ1) is 9.60. The monoisotopic (exact) mass is 355 g/mol. The van der Waals surface area contributed by atoms with Crippen LogP contribution >= 0.6 is 15.9 Å². The summed E-state index contributed by atoms with van der Waals surface area (Å²) in [5.41, 5.74) is -0.0800. The number of halogens is 1. The minimum atomic E-state index is -0.671. The minimum absolute atomic E-state index is 0.0593. The Labute approximate surface area is 134 Å². The summed E-state index contributed by atoms with van der Waals surface area (Å²) in [6.07, 6.45) is 0. The third-order valence-corrected chi connectivity index (χ3v) is 3.19. The van der Waals surface area contributed by atoms with Gasteiger partial charge in [-0.05, 0) is 44.9 Å². The molecular weight excluding hydrogens is 334 g/mol. The molecule has 0 saturated carbocycles. The molecule has 5 heteroatoms. The zero-order valence-electron chi connectivity index (χ0n) is 13.1. The molecule has 0 unspecified atom stereocenters. The van der Waals surface area contributed by atoms with E-state index in [-0.39, 0.29) is 11.8 Å². The topological polar surface area (TPSA) is 55.4 Å². The lowest BCUT2D eigenvalue weighted by atomic mass is 10.0. The summed E-state index contributed by atoms with van der Waals surface area (Å²) in [5.74, 6) is -0.766. The maximum atomic E-state index is 12.2. The van der Waals surface area contributed by atoms with Crippen molar-refractivity contribution in [2.75, 3.05) is 0 Å². The number of hydrogen-bond acceptors (Lipinski definition) is 3. The van der Waals surface area contributed by atoms with Gasteiger partial charge in [-0.3, -0.25) is 4.79 Å². The Hall–Kier alpha value is -1.36. The van der Waals surface area contributed by atoms with Gasteiger partial charge in [0, 0.05) is 10.0 Å². The highest BCUT2D eigenvalue weighted by Crippen LogP contribution is 2.15. The van der Waals surface area contributed by atoms with Crippen molar-refractivity contribution < 1.29 is 14.3 Å². The second kappa shape index (κ2) is 7.07. The summed E-state index contributed by atoms with van der Waals surface area (Å²) in [6, 6.07) is 6.35. The molecule has 1 aromatic carbocycles. The molecule has 21 heavy (non-hydrogen) atoms. The first-order valence-corrected chi connectivity index (χ1v) is 7.69. The number of carbonyl (C=O) groups is 2. The molecule has 0 fully saturated rings. The Morgan fingerprint density at radius 2 is 1.86 bits per heavy atom. The highest BCUT2D eigenvalue weighted by molar-refractivity contribution is 9.10. The Balaban J connectivity index is 2.84. The molecule has 1 amide bonds. The third-order valence-electron chi connectivity index (χ3n) is 2.70. The fourth-order valence-corrected chi connectivity index (χ4v) is 2.12. The van der Waals surface area contributed by atoms with Crippen molar-refractivity contribution in [2.45, 2.75) is 46.3 Å². The van der Waals surface area contributed by atoms with Crippen LogP contribution < -0.4 is 5.32 Å². The number of rotatable bonds is 4. The maximum Gasteiger partial charge on any atom is 0.329 e. The molecule has 116 valence electrons. The van der Waals surface area contributed by atoms with E-state index >= 15 is 0 Å². The van der Waals surface area contributed by atoms with Gasteiger partial charge < -0.3 is 10.1 Å². The van der Waals surface area contributed by atoms with Crippen LogP contribution in [0.1, 0.15) is 45.0 Å². The van der Waals surface area contributed by atoms with Crippen LogP contribution in [0, 0.1) is 5.92 Å². The van der Waals surface area contributed by atoms with Gasteiger partial charge in [0.05, 0.1) is 0 Å². The smallest absolute Gasteiger partial charge is 0.329 e. The second-order valence-corrected chi connectivity index (χ2v) is 7.15. The van der Waals surface area contributed by atoms with E-state index in [1.165, 1.54) is 0 Å². The molecule has 0 aliphatic rings. The number of amides is 1. The first kappa shape index (κ1) is 17.7. The van der Waals surface area contributed by atoms with E-state index < -0.39 is 17.6 Å². The minimum Gasteiger partial charge on any atom is -0.458 e. The van der Waals surface area contributed by atoms with Gasteiger partial charge in [0.25, 0.3) is 5.91 Å². The van der Waals surface area contributed by atoms with Crippen LogP contribution in [0.2, 0.25) is 0 Å². The normalized spacial score (nSPS) is 12.9. The van der Waals surface area contributed by atoms with Crippen LogP contribution in [-0.4, -0.2) is 23.5 Å². The van der Waals surface area contributed by atoms with Gasteiger partial charge in [0.15, 0.2) is 0 Å². The molecule has 0 spiro atoms. The number of hydrogen-bond donors (Lipinski definition) is 1. The molecular formula is C16H22BrNO3. The molecule has 0 saturated heterocycles. The molecule has 4 nitrogen and oxygen atoms in total. The van der Waals surface area contributed by atoms with Gasteiger partial charge in [0.2, 0.25) is 0 Å². The van der Waals surface area contributed by atoms with E-state index in [0.29, 0.717) is 5.56 Å². The molecule has 0 radical (unpaired) electrons. The van der Waals surface area contributed by atoms with Crippen molar-refractivity contribution in [2.24, 2.45) is 5.92 Å². The molecule has 1 aromatic rings. The Morgan fingerprint density at radius 3 is 2.33 bits per heavy atom. The van der Waals surface area contributed by atoms with Crippen LogP contribution in [0.5, 0.6) is 0 Å². The number of carbonyl (C=O) groups excluding carboxylic acids is 2. The summed E-state index contributed by atoms with van der Waals surface area (Å²) in [4.78, 5) is 24.4. The summed E-state index contributed by atoms with van der Waals surface area (Å²) < 4.78 is 6.17. The lowest BCUT2D eigenvalue weighted by Gasteiger charge is -2.26. The number of nitrogens with one attached hydrogen (secondary N) is 1. The van der Waals surface area contributed by atoms with Crippen molar-refractivity contribution in [1.29, 1.82) is 0 Å². The zero-order valence-corrected chi connectivity index (χ0v) is 14.7. The fourth-order valence-electron chi connectivity index (χ4n) is 1.72. The second-order valence-electron chi connectivity index (χ2n) is 6.24. The lowest BCUT2D eigenvalue weighted by Crippen LogP contribution is -2.47. The van der Waals surface area contributed by atoms with Crippen LogP contribution in [0.15, 0.2) is 28.7 Å². The quantitative estimate of drug-likeness (QED) is 0.840. The SMILES string of the molecule is CC(C)[C@@H](NC(=O)c1cccc(Br)c1)C(=O)OC(C)(C)C.